The van der Waals surface area contributed by atoms with Gasteiger partial charge >= 0.3 is 0 Å². The molecule has 0 saturated heterocycles. The van der Waals surface area contributed by atoms with Crippen LogP contribution in [0.3, 0.4) is 0 Å². The molecule has 5 heteroatoms. The maximum atomic E-state index is 10.0. The fraction of sp³-hybridized carbons (Fsp3) is 0.308. The van der Waals surface area contributed by atoms with Crippen LogP contribution in [0.15, 0.2) is 34.2 Å². The molecule has 0 spiro atoms. The largest absolute Gasteiger partial charge is 0.481 e. The Morgan fingerprint density at radius 3 is 2.83 bits per heavy atom. The summed E-state index contributed by atoms with van der Waals surface area (Å²) >= 11 is 5.06. The molecular formula is C13H14BrNO2S. The first kappa shape index (κ1) is 13.5. The van der Waals surface area contributed by atoms with Crippen molar-refractivity contribution in [2.24, 2.45) is 0 Å². The number of aromatic nitrogens is 1. The minimum Gasteiger partial charge on any atom is -0.481 e. The third-order valence-corrected chi connectivity index (χ3v) is 4.26. The van der Waals surface area contributed by atoms with Crippen LogP contribution in [-0.2, 0) is 12.8 Å². The van der Waals surface area contributed by atoms with Crippen LogP contribution in [0.25, 0.3) is 0 Å². The third-order valence-electron chi connectivity index (χ3n) is 2.54. The molecule has 0 saturated carbocycles. The first-order chi connectivity index (χ1) is 8.67. The van der Waals surface area contributed by atoms with Crippen molar-refractivity contribution in [1.82, 2.24) is 4.98 Å². The van der Waals surface area contributed by atoms with E-state index in [1.165, 1.54) is 4.88 Å². The van der Waals surface area contributed by atoms with Gasteiger partial charge in [-0.2, -0.15) is 0 Å². The van der Waals surface area contributed by atoms with Gasteiger partial charge in [-0.15, -0.1) is 11.3 Å². The Hall–Kier alpha value is -0.910. The Balaban J connectivity index is 1.91. The Morgan fingerprint density at radius 2 is 2.28 bits per heavy atom. The van der Waals surface area contributed by atoms with Crippen molar-refractivity contribution in [3.63, 3.8) is 0 Å². The summed E-state index contributed by atoms with van der Waals surface area (Å²) in [5.74, 6) is 0.593. The molecule has 0 aliphatic carbocycles. The highest BCUT2D eigenvalue weighted by atomic mass is 79.9. The van der Waals surface area contributed by atoms with Gasteiger partial charge in [-0.1, -0.05) is 6.07 Å². The molecule has 96 valence electrons. The zero-order valence-corrected chi connectivity index (χ0v) is 12.4. The van der Waals surface area contributed by atoms with Gasteiger partial charge < -0.3 is 9.84 Å². The predicted octanol–water partition coefficient (Wildman–Crippen LogP) is 3.06. The van der Waals surface area contributed by atoms with E-state index < -0.39 is 0 Å². The van der Waals surface area contributed by atoms with Crippen LogP contribution >= 0.6 is 27.3 Å². The van der Waals surface area contributed by atoms with Crippen molar-refractivity contribution in [2.45, 2.75) is 18.9 Å². The molecule has 0 fully saturated rings. The number of pyridine rings is 1. The first-order valence-corrected chi connectivity index (χ1v) is 7.24. The SMILES string of the molecule is COc1ccc(CC(O)Cc2cc(Br)cs2)cn1. The van der Waals surface area contributed by atoms with Crippen molar-refractivity contribution >= 4 is 27.3 Å². The van der Waals surface area contributed by atoms with E-state index in [-0.39, 0.29) is 6.10 Å². The van der Waals surface area contributed by atoms with E-state index in [4.69, 9.17) is 4.74 Å². The van der Waals surface area contributed by atoms with E-state index in [9.17, 15) is 5.11 Å². The van der Waals surface area contributed by atoms with E-state index in [1.807, 2.05) is 23.6 Å². The summed E-state index contributed by atoms with van der Waals surface area (Å²) in [7, 11) is 1.59. The van der Waals surface area contributed by atoms with E-state index in [2.05, 4.69) is 20.9 Å². The Kier molecular flexibility index (Phi) is 4.74. The number of aliphatic hydroxyl groups excluding tert-OH is 1. The second-order valence-corrected chi connectivity index (χ2v) is 5.91. The maximum Gasteiger partial charge on any atom is 0.212 e. The molecule has 3 nitrogen and oxygen atoms in total. The lowest BCUT2D eigenvalue weighted by Crippen LogP contribution is -2.13. The topological polar surface area (TPSA) is 42.4 Å². The third kappa shape index (κ3) is 3.80. The van der Waals surface area contributed by atoms with Gasteiger partial charge in [0.25, 0.3) is 0 Å². The lowest BCUT2D eigenvalue weighted by molar-refractivity contribution is 0.176. The van der Waals surface area contributed by atoms with Crippen LogP contribution in [0, 0.1) is 0 Å². The van der Waals surface area contributed by atoms with Gasteiger partial charge in [0.15, 0.2) is 0 Å². The molecule has 0 bridgehead atoms. The Bertz CT molecular complexity index is 498. The van der Waals surface area contributed by atoms with Gasteiger partial charge in [-0.3, -0.25) is 0 Å². The fourth-order valence-electron chi connectivity index (χ4n) is 1.69. The van der Waals surface area contributed by atoms with E-state index >= 15 is 0 Å². The number of halogens is 1. The van der Waals surface area contributed by atoms with Crippen molar-refractivity contribution in [2.75, 3.05) is 7.11 Å². The Labute approximate surface area is 119 Å². The number of hydrogen-bond acceptors (Lipinski definition) is 4. The second kappa shape index (κ2) is 6.31. The molecule has 0 amide bonds. The average molecular weight is 328 g/mol. The van der Waals surface area contributed by atoms with Crippen LogP contribution in [-0.4, -0.2) is 23.3 Å². The summed E-state index contributed by atoms with van der Waals surface area (Å²) in [4.78, 5) is 5.30. The number of rotatable bonds is 5. The highest BCUT2D eigenvalue weighted by molar-refractivity contribution is 9.10. The molecular weight excluding hydrogens is 314 g/mol. The molecule has 1 atom stereocenters. The van der Waals surface area contributed by atoms with Gasteiger partial charge in [0, 0.05) is 39.8 Å². The van der Waals surface area contributed by atoms with Crippen molar-refractivity contribution in [1.29, 1.82) is 0 Å². The Morgan fingerprint density at radius 1 is 1.44 bits per heavy atom. The highest BCUT2D eigenvalue weighted by Crippen LogP contribution is 2.21. The summed E-state index contributed by atoms with van der Waals surface area (Å²) in [6.07, 6.45) is 2.63. The molecule has 2 aromatic rings. The molecule has 1 unspecified atom stereocenters. The van der Waals surface area contributed by atoms with Gasteiger partial charge in [0.05, 0.1) is 13.2 Å². The zero-order valence-electron chi connectivity index (χ0n) is 9.97. The average Bonchev–Trinajstić information content (AvgIpc) is 2.75. The summed E-state index contributed by atoms with van der Waals surface area (Å²) in [5, 5.41) is 12.0. The van der Waals surface area contributed by atoms with E-state index in [0.29, 0.717) is 18.7 Å². The lowest BCUT2D eigenvalue weighted by Gasteiger charge is -2.09. The highest BCUT2D eigenvalue weighted by Gasteiger charge is 2.09. The summed E-state index contributed by atoms with van der Waals surface area (Å²) in [6.45, 7) is 0. The summed E-state index contributed by atoms with van der Waals surface area (Å²) in [6, 6.07) is 5.78. The van der Waals surface area contributed by atoms with Gasteiger partial charge in [-0.05, 0) is 27.6 Å². The molecule has 0 radical (unpaired) electrons. The monoisotopic (exact) mass is 327 g/mol. The lowest BCUT2D eigenvalue weighted by atomic mass is 10.1. The van der Waals surface area contributed by atoms with Crippen LogP contribution in [0.1, 0.15) is 10.4 Å². The molecule has 1 N–H and O–H groups in total. The summed E-state index contributed by atoms with van der Waals surface area (Å²) < 4.78 is 6.07. The molecule has 0 aliphatic heterocycles. The molecule has 0 aliphatic rings. The smallest absolute Gasteiger partial charge is 0.212 e. The van der Waals surface area contributed by atoms with Gasteiger partial charge in [-0.25, -0.2) is 4.98 Å². The predicted molar refractivity (Wildman–Crippen MR) is 76.2 cm³/mol. The van der Waals surface area contributed by atoms with Crippen LogP contribution in [0.4, 0.5) is 0 Å². The maximum absolute atomic E-state index is 10.0. The van der Waals surface area contributed by atoms with Crippen molar-refractivity contribution < 1.29 is 9.84 Å². The van der Waals surface area contributed by atoms with Crippen LogP contribution in [0.5, 0.6) is 5.88 Å². The van der Waals surface area contributed by atoms with Crippen LogP contribution < -0.4 is 4.74 Å². The zero-order chi connectivity index (χ0) is 13.0. The molecule has 18 heavy (non-hydrogen) atoms. The molecule has 0 aromatic carbocycles. The molecule has 2 heterocycles. The second-order valence-electron chi connectivity index (χ2n) is 4.00. The van der Waals surface area contributed by atoms with Crippen LogP contribution in [0.2, 0.25) is 0 Å². The standard InChI is InChI=1S/C13H14BrNO2S/c1-17-13-3-2-9(7-15-13)4-11(16)6-12-5-10(14)8-18-12/h2-3,5,7-8,11,16H,4,6H2,1H3. The van der Waals surface area contributed by atoms with Gasteiger partial charge in [0.1, 0.15) is 0 Å². The minimum atomic E-state index is -0.384. The molecule has 2 rings (SSSR count). The van der Waals surface area contributed by atoms with Gasteiger partial charge in [0.2, 0.25) is 5.88 Å². The quantitative estimate of drug-likeness (QED) is 0.917. The fourth-order valence-corrected chi connectivity index (χ4v) is 3.21. The van der Waals surface area contributed by atoms with Crippen molar-refractivity contribution in [3.8, 4) is 5.88 Å². The first-order valence-electron chi connectivity index (χ1n) is 5.57. The van der Waals surface area contributed by atoms with Crippen molar-refractivity contribution in [3.05, 3.63) is 44.7 Å². The number of aliphatic hydroxyl groups is 1. The number of thiophene rings is 1. The van der Waals surface area contributed by atoms with E-state index in [0.717, 1.165) is 10.0 Å². The number of methoxy groups -OCH3 is 1. The summed E-state index contributed by atoms with van der Waals surface area (Å²) in [5.41, 5.74) is 1.01. The minimum absolute atomic E-state index is 0.384. The number of ether oxygens (including phenoxy) is 1. The molecule has 2 aromatic heterocycles. The number of hydrogen-bond donors (Lipinski definition) is 1. The normalized spacial score (nSPS) is 12.4. The number of nitrogens with zero attached hydrogens (tertiary/aromatic N) is 1. The van der Waals surface area contributed by atoms with E-state index in [1.54, 1.807) is 24.6 Å².